The van der Waals surface area contributed by atoms with E-state index in [1.54, 1.807) is 0 Å². The number of ether oxygens (including phenoxy) is 2. The van der Waals surface area contributed by atoms with Crippen LogP contribution in [0.15, 0.2) is 23.2 Å². The van der Waals surface area contributed by atoms with Gasteiger partial charge in [0, 0.05) is 46.3 Å². The maximum atomic E-state index is 5.58. The third-order valence-corrected chi connectivity index (χ3v) is 5.33. The van der Waals surface area contributed by atoms with Crippen molar-refractivity contribution in [1.29, 1.82) is 0 Å². The molecule has 0 radical (unpaired) electrons. The monoisotopic (exact) mass is 487 g/mol. The number of hydrogen-bond donors (Lipinski definition) is 1. The molecule has 1 aromatic rings. The molecule has 5 nitrogen and oxygen atoms in total. The zero-order valence-electron chi connectivity index (χ0n) is 16.7. The van der Waals surface area contributed by atoms with Crippen molar-refractivity contribution in [1.82, 2.24) is 10.2 Å². The molecule has 6 heteroatoms. The molecule has 0 amide bonds. The van der Waals surface area contributed by atoms with Crippen LogP contribution in [0, 0.1) is 5.92 Å². The van der Waals surface area contributed by atoms with Crippen molar-refractivity contribution in [2.75, 3.05) is 46.5 Å². The molecule has 0 aromatic heterocycles. The molecule has 0 aliphatic carbocycles. The Morgan fingerprint density at radius 2 is 2.07 bits per heavy atom. The van der Waals surface area contributed by atoms with Gasteiger partial charge in [-0.3, -0.25) is 4.99 Å². The van der Waals surface area contributed by atoms with Gasteiger partial charge in [-0.2, -0.15) is 0 Å². The minimum atomic E-state index is 0. The lowest BCUT2D eigenvalue weighted by Crippen LogP contribution is -2.40. The Morgan fingerprint density at radius 3 is 2.85 bits per heavy atom. The highest BCUT2D eigenvalue weighted by Crippen LogP contribution is 2.26. The number of halogens is 1. The molecule has 0 bridgehead atoms. The zero-order valence-corrected chi connectivity index (χ0v) is 19.0. The Hall–Kier alpha value is -1.02. The van der Waals surface area contributed by atoms with Crippen LogP contribution in [0.25, 0.3) is 0 Å². The molecular formula is C21H34IN3O2. The highest BCUT2D eigenvalue weighted by molar-refractivity contribution is 14.0. The van der Waals surface area contributed by atoms with E-state index in [1.807, 2.05) is 0 Å². The summed E-state index contributed by atoms with van der Waals surface area (Å²) in [6.07, 6.45) is 5.61. The second-order valence-corrected chi connectivity index (χ2v) is 7.29. The number of nitrogens with zero attached hydrogens (tertiary/aromatic N) is 2. The van der Waals surface area contributed by atoms with Gasteiger partial charge in [-0.25, -0.2) is 0 Å². The van der Waals surface area contributed by atoms with E-state index in [0.717, 1.165) is 69.9 Å². The zero-order chi connectivity index (χ0) is 18.2. The summed E-state index contributed by atoms with van der Waals surface area (Å²) in [6, 6.07) is 6.55. The average Bonchev–Trinajstić information content (AvgIpc) is 3.14. The van der Waals surface area contributed by atoms with Crippen LogP contribution in [0.2, 0.25) is 0 Å². The van der Waals surface area contributed by atoms with Gasteiger partial charge in [-0.05, 0) is 55.7 Å². The van der Waals surface area contributed by atoms with E-state index < -0.39 is 0 Å². The molecule has 1 aromatic carbocycles. The first-order chi connectivity index (χ1) is 12.8. The maximum absolute atomic E-state index is 5.58. The van der Waals surface area contributed by atoms with Gasteiger partial charge in [0.25, 0.3) is 0 Å². The van der Waals surface area contributed by atoms with Crippen LogP contribution < -0.4 is 10.1 Å². The number of nitrogens with one attached hydrogen (secondary N) is 1. The van der Waals surface area contributed by atoms with Gasteiger partial charge in [0.15, 0.2) is 5.96 Å². The van der Waals surface area contributed by atoms with Crippen molar-refractivity contribution in [3.63, 3.8) is 0 Å². The Bertz CT molecular complexity index is 603. The normalized spacial score (nSPS) is 17.0. The van der Waals surface area contributed by atoms with E-state index in [4.69, 9.17) is 14.5 Å². The number of guanidine groups is 1. The summed E-state index contributed by atoms with van der Waals surface area (Å²) in [7, 11) is 2.15. The molecule has 2 aliphatic heterocycles. The molecule has 0 spiro atoms. The summed E-state index contributed by atoms with van der Waals surface area (Å²) in [5.74, 6) is 2.87. The van der Waals surface area contributed by atoms with Crippen LogP contribution in [0.4, 0.5) is 0 Å². The van der Waals surface area contributed by atoms with E-state index in [1.165, 1.54) is 30.4 Å². The fraction of sp³-hybridized carbons (Fsp3) is 0.667. The van der Waals surface area contributed by atoms with Crippen molar-refractivity contribution in [2.45, 2.75) is 39.0 Å². The standard InChI is InChI=1S/C21H33N3O2.HI/c1-3-22-21(24(2)12-7-17-8-13-25-14-9-17)23-11-6-18-4-5-20-19(16-18)10-15-26-20;/h4-5,16-17H,3,6-15H2,1-2H3,(H,22,23);1H. The molecule has 0 unspecified atom stereocenters. The largest absolute Gasteiger partial charge is 0.493 e. The average molecular weight is 487 g/mol. The second-order valence-electron chi connectivity index (χ2n) is 7.29. The Morgan fingerprint density at radius 1 is 1.26 bits per heavy atom. The molecule has 152 valence electrons. The Balaban J connectivity index is 0.00000261. The molecule has 2 heterocycles. The number of benzene rings is 1. The van der Waals surface area contributed by atoms with Gasteiger partial charge in [-0.15, -0.1) is 24.0 Å². The summed E-state index contributed by atoms with van der Waals surface area (Å²) in [5.41, 5.74) is 2.69. The van der Waals surface area contributed by atoms with Gasteiger partial charge >= 0.3 is 0 Å². The molecule has 1 fully saturated rings. The lowest BCUT2D eigenvalue weighted by atomic mass is 9.96. The molecule has 1 saturated heterocycles. The second kappa shape index (κ2) is 11.7. The maximum Gasteiger partial charge on any atom is 0.193 e. The summed E-state index contributed by atoms with van der Waals surface area (Å²) >= 11 is 0. The minimum absolute atomic E-state index is 0. The predicted molar refractivity (Wildman–Crippen MR) is 122 cm³/mol. The molecule has 0 atom stereocenters. The summed E-state index contributed by atoms with van der Waals surface area (Å²) in [5, 5.41) is 3.43. The van der Waals surface area contributed by atoms with E-state index in [9.17, 15) is 0 Å². The number of hydrogen-bond acceptors (Lipinski definition) is 3. The van der Waals surface area contributed by atoms with Crippen LogP contribution in [-0.4, -0.2) is 57.4 Å². The molecule has 27 heavy (non-hydrogen) atoms. The summed E-state index contributed by atoms with van der Waals surface area (Å²) < 4.78 is 11.0. The smallest absolute Gasteiger partial charge is 0.193 e. The Labute approximate surface area is 180 Å². The summed E-state index contributed by atoms with van der Waals surface area (Å²) in [6.45, 7) is 7.55. The first kappa shape index (κ1) is 22.3. The van der Waals surface area contributed by atoms with Crippen molar-refractivity contribution >= 4 is 29.9 Å². The van der Waals surface area contributed by atoms with Crippen molar-refractivity contribution in [2.24, 2.45) is 10.9 Å². The summed E-state index contributed by atoms with van der Waals surface area (Å²) in [4.78, 5) is 7.11. The van der Waals surface area contributed by atoms with Crippen LogP contribution in [0.3, 0.4) is 0 Å². The number of rotatable bonds is 7. The number of fused-ring (bicyclic) bond motifs is 1. The Kier molecular flexibility index (Phi) is 9.68. The third kappa shape index (κ3) is 6.82. The van der Waals surface area contributed by atoms with E-state index in [-0.39, 0.29) is 24.0 Å². The molecule has 3 rings (SSSR count). The van der Waals surface area contributed by atoms with Crippen molar-refractivity contribution in [3.05, 3.63) is 29.3 Å². The van der Waals surface area contributed by atoms with Gasteiger partial charge in [0.1, 0.15) is 5.75 Å². The fourth-order valence-electron chi connectivity index (χ4n) is 3.67. The first-order valence-corrected chi connectivity index (χ1v) is 10.1. The van der Waals surface area contributed by atoms with Crippen LogP contribution >= 0.6 is 24.0 Å². The van der Waals surface area contributed by atoms with Gasteiger partial charge in [-0.1, -0.05) is 12.1 Å². The minimum Gasteiger partial charge on any atom is -0.493 e. The fourth-order valence-corrected chi connectivity index (χ4v) is 3.67. The van der Waals surface area contributed by atoms with Crippen LogP contribution in [0.5, 0.6) is 5.75 Å². The quantitative estimate of drug-likeness (QED) is 0.364. The van der Waals surface area contributed by atoms with E-state index in [0.29, 0.717) is 0 Å². The van der Waals surface area contributed by atoms with Gasteiger partial charge in [0.2, 0.25) is 0 Å². The molecular weight excluding hydrogens is 453 g/mol. The lowest BCUT2D eigenvalue weighted by molar-refractivity contribution is 0.0625. The van der Waals surface area contributed by atoms with E-state index >= 15 is 0 Å². The van der Waals surface area contributed by atoms with E-state index in [2.05, 4.69) is 42.4 Å². The molecule has 1 N–H and O–H groups in total. The molecule has 2 aliphatic rings. The predicted octanol–water partition coefficient (Wildman–Crippen LogP) is 3.50. The van der Waals surface area contributed by atoms with Crippen molar-refractivity contribution in [3.8, 4) is 5.75 Å². The third-order valence-electron chi connectivity index (χ3n) is 5.33. The highest BCUT2D eigenvalue weighted by atomic mass is 127. The van der Waals surface area contributed by atoms with Crippen LogP contribution in [0.1, 0.15) is 37.3 Å². The van der Waals surface area contributed by atoms with Gasteiger partial charge in [0.05, 0.1) is 6.61 Å². The highest BCUT2D eigenvalue weighted by Gasteiger charge is 2.15. The first-order valence-electron chi connectivity index (χ1n) is 10.1. The van der Waals surface area contributed by atoms with Gasteiger partial charge < -0.3 is 19.7 Å². The van der Waals surface area contributed by atoms with Crippen LogP contribution in [-0.2, 0) is 17.6 Å². The molecule has 0 saturated carbocycles. The SMILES string of the molecule is CCNC(=NCCc1ccc2c(c1)CCO2)N(C)CCC1CCOCC1.I. The lowest BCUT2D eigenvalue weighted by Gasteiger charge is -2.26. The number of aliphatic imine (C=N–C) groups is 1. The van der Waals surface area contributed by atoms with Crippen molar-refractivity contribution < 1.29 is 9.47 Å². The topological polar surface area (TPSA) is 46.1 Å².